The molecule has 7 nitrogen and oxygen atoms in total. The number of ketones is 1. The number of hydrogen-bond donors (Lipinski definition) is 1. The van der Waals surface area contributed by atoms with Crippen LogP contribution in [-0.2, 0) is 9.59 Å². The molecule has 0 bridgehead atoms. The minimum Gasteiger partial charge on any atom is -0.507 e. The van der Waals surface area contributed by atoms with Crippen LogP contribution < -0.4 is 9.64 Å². The number of ether oxygens (including phenoxy) is 1. The Hall–Kier alpha value is -4.00. The second kappa shape index (κ2) is 7.55. The van der Waals surface area contributed by atoms with E-state index in [0.29, 0.717) is 22.6 Å². The molecule has 1 atom stereocenters. The quantitative estimate of drug-likeness (QED) is 0.420. The van der Waals surface area contributed by atoms with Crippen molar-refractivity contribution in [2.24, 2.45) is 0 Å². The Kier molecular flexibility index (Phi) is 4.78. The molecule has 0 spiro atoms. The summed E-state index contributed by atoms with van der Waals surface area (Å²) in [5, 5.41) is 10.9. The fourth-order valence-electron chi connectivity index (χ4n) is 3.39. The molecule has 1 fully saturated rings. The van der Waals surface area contributed by atoms with Crippen molar-refractivity contribution in [1.29, 1.82) is 0 Å². The zero-order valence-electron chi connectivity index (χ0n) is 15.5. The lowest BCUT2D eigenvalue weighted by molar-refractivity contribution is -0.132. The average Bonchev–Trinajstić information content (AvgIpc) is 3.05. The van der Waals surface area contributed by atoms with Crippen LogP contribution in [0.15, 0.2) is 78.9 Å². The number of aromatic nitrogens is 2. The molecule has 1 amide bonds. The molecule has 0 aliphatic carbocycles. The fraction of sp³-hybridized carbons (Fsp3) is 0.0909. The van der Waals surface area contributed by atoms with Crippen molar-refractivity contribution >= 4 is 23.1 Å². The Morgan fingerprint density at radius 3 is 2.31 bits per heavy atom. The third-order valence-electron chi connectivity index (χ3n) is 4.75. The standard InChI is InChI=1S/C22H17N3O4/c1-29-17-4-2-3-16(13-17)25-19(14-5-9-23-10-6-14)18(21(27)22(25)28)20(26)15-7-11-24-12-8-15/h2-13,19,26H,1H3/b20-18+. The number of anilines is 1. The molecule has 7 heteroatoms. The van der Waals surface area contributed by atoms with E-state index >= 15 is 0 Å². The summed E-state index contributed by atoms with van der Waals surface area (Å²) in [5.41, 5.74) is 1.55. The molecule has 1 N–H and O–H groups in total. The van der Waals surface area contributed by atoms with E-state index < -0.39 is 17.7 Å². The van der Waals surface area contributed by atoms with Crippen molar-refractivity contribution < 1.29 is 19.4 Å². The Morgan fingerprint density at radius 2 is 1.66 bits per heavy atom. The van der Waals surface area contributed by atoms with E-state index in [-0.39, 0.29) is 11.3 Å². The van der Waals surface area contributed by atoms with Crippen molar-refractivity contribution in [3.05, 3.63) is 90.0 Å². The number of methoxy groups -OCH3 is 1. The van der Waals surface area contributed by atoms with Crippen LogP contribution in [0.1, 0.15) is 17.2 Å². The number of pyridine rings is 2. The molecule has 0 saturated carbocycles. The lowest BCUT2D eigenvalue weighted by Crippen LogP contribution is -2.29. The van der Waals surface area contributed by atoms with E-state index in [4.69, 9.17) is 4.74 Å². The van der Waals surface area contributed by atoms with Gasteiger partial charge in [0.15, 0.2) is 0 Å². The zero-order valence-corrected chi connectivity index (χ0v) is 15.5. The SMILES string of the molecule is COc1cccc(N2C(=O)C(=O)/C(=C(/O)c3ccncc3)C2c2ccncc2)c1. The van der Waals surface area contributed by atoms with Crippen LogP contribution in [-0.4, -0.2) is 33.9 Å². The summed E-state index contributed by atoms with van der Waals surface area (Å²) < 4.78 is 5.26. The number of aliphatic hydroxyl groups is 1. The van der Waals surface area contributed by atoms with Gasteiger partial charge in [-0.25, -0.2) is 0 Å². The second-order valence-electron chi connectivity index (χ2n) is 6.39. The van der Waals surface area contributed by atoms with Crippen molar-refractivity contribution in [1.82, 2.24) is 9.97 Å². The molecule has 1 aromatic carbocycles. The van der Waals surface area contributed by atoms with E-state index in [1.807, 2.05) is 0 Å². The smallest absolute Gasteiger partial charge is 0.300 e. The summed E-state index contributed by atoms with van der Waals surface area (Å²) in [7, 11) is 1.52. The third-order valence-corrected chi connectivity index (χ3v) is 4.75. The molecule has 1 aliphatic heterocycles. The molecule has 1 unspecified atom stereocenters. The summed E-state index contributed by atoms with van der Waals surface area (Å²) in [6, 6.07) is 12.7. The molecule has 29 heavy (non-hydrogen) atoms. The van der Waals surface area contributed by atoms with Gasteiger partial charge in [0.2, 0.25) is 0 Å². The molecule has 0 radical (unpaired) electrons. The van der Waals surface area contributed by atoms with E-state index in [9.17, 15) is 14.7 Å². The van der Waals surface area contributed by atoms with Gasteiger partial charge in [0.25, 0.3) is 11.7 Å². The van der Waals surface area contributed by atoms with Gasteiger partial charge < -0.3 is 9.84 Å². The number of nitrogens with zero attached hydrogens (tertiary/aromatic N) is 3. The third kappa shape index (κ3) is 3.23. The molecule has 2 aromatic heterocycles. The van der Waals surface area contributed by atoms with Crippen molar-refractivity contribution in [2.75, 3.05) is 12.0 Å². The van der Waals surface area contributed by atoms with Crippen molar-refractivity contribution in [2.45, 2.75) is 6.04 Å². The molecule has 1 aliphatic rings. The highest BCUT2D eigenvalue weighted by Gasteiger charge is 2.47. The highest BCUT2D eigenvalue weighted by molar-refractivity contribution is 6.51. The maximum Gasteiger partial charge on any atom is 0.300 e. The number of carbonyl (C=O) groups excluding carboxylic acids is 2. The molecule has 4 rings (SSSR count). The number of rotatable bonds is 4. The lowest BCUT2D eigenvalue weighted by Gasteiger charge is -2.25. The topological polar surface area (TPSA) is 92.6 Å². The first-order chi connectivity index (χ1) is 14.1. The van der Waals surface area contributed by atoms with Gasteiger partial charge in [-0.05, 0) is 42.0 Å². The first kappa shape index (κ1) is 18.4. The first-order valence-corrected chi connectivity index (χ1v) is 8.87. The highest BCUT2D eigenvalue weighted by atomic mass is 16.5. The van der Waals surface area contributed by atoms with Gasteiger partial charge in [0.05, 0.1) is 18.7 Å². The largest absolute Gasteiger partial charge is 0.507 e. The Balaban J connectivity index is 1.94. The minimum absolute atomic E-state index is 0.00946. The van der Waals surface area contributed by atoms with E-state index in [0.717, 1.165) is 0 Å². The van der Waals surface area contributed by atoms with Gasteiger partial charge >= 0.3 is 0 Å². The van der Waals surface area contributed by atoms with Gasteiger partial charge in [0.1, 0.15) is 11.5 Å². The average molecular weight is 387 g/mol. The molecule has 144 valence electrons. The van der Waals surface area contributed by atoms with E-state index in [1.54, 1.807) is 60.9 Å². The van der Waals surface area contributed by atoms with Crippen LogP contribution in [0.25, 0.3) is 5.76 Å². The lowest BCUT2D eigenvalue weighted by atomic mass is 9.96. The molecule has 1 saturated heterocycles. The Labute approximate surface area is 166 Å². The van der Waals surface area contributed by atoms with Crippen LogP contribution >= 0.6 is 0 Å². The van der Waals surface area contributed by atoms with Gasteiger partial charge in [0, 0.05) is 42.1 Å². The predicted molar refractivity (Wildman–Crippen MR) is 106 cm³/mol. The zero-order chi connectivity index (χ0) is 20.4. The van der Waals surface area contributed by atoms with Crippen LogP contribution in [0.5, 0.6) is 5.75 Å². The fourth-order valence-corrected chi connectivity index (χ4v) is 3.39. The van der Waals surface area contributed by atoms with Crippen LogP contribution in [0.4, 0.5) is 5.69 Å². The summed E-state index contributed by atoms with van der Waals surface area (Å²) in [4.78, 5) is 35.3. The normalized spacial score (nSPS) is 18.1. The summed E-state index contributed by atoms with van der Waals surface area (Å²) in [6.45, 7) is 0. The summed E-state index contributed by atoms with van der Waals surface area (Å²) >= 11 is 0. The van der Waals surface area contributed by atoms with Crippen LogP contribution in [0.2, 0.25) is 0 Å². The summed E-state index contributed by atoms with van der Waals surface area (Å²) in [6.07, 6.45) is 6.17. The molecule has 3 heterocycles. The Morgan fingerprint density at radius 1 is 1.00 bits per heavy atom. The number of hydrogen-bond acceptors (Lipinski definition) is 6. The second-order valence-corrected chi connectivity index (χ2v) is 6.39. The van der Waals surface area contributed by atoms with Gasteiger partial charge in [-0.2, -0.15) is 0 Å². The maximum absolute atomic E-state index is 13.0. The number of benzene rings is 1. The number of Topliss-reactive ketones (excluding diaryl/α,β-unsaturated/α-hetero) is 1. The van der Waals surface area contributed by atoms with E-state index in [2.05, 4.69) is 9.97 Å². The van der Waals surface area contributed by atoms with Gasteiger partial charge in [-0.15, -0.1) is 0 Å². The minimum atomic E-state index is -0.807. The number of aliphatic hydroxyl groups excluding tert-OH is 1. The molecule has 3 aromatic rings. The molecular formula is C22H17N3O4. The number of amides is 1. The van der Waals surface area contributed by atoms with Crippen LogP contribution in [0.3, 0.4) is 0 Å². The van der Waals surface area contributed by atoms with Crippen molar-refractivity contribution in [3.8, 4) is 5.75 Å². The van der Waals surface area contributed by atoms with Crippen LogP contribution in [0, 0.1) is 0 Å². The first-order valence-electron chi connectivity index (χ1n) is 8.87. The van der Waals surface area contributed by atoms with Gasteiger partial charge in [-0.3, -0.25) is 24.5 Å². The van der Waals surface area contributed by atoms with Gasteiger partial charge in [-0.1, -0.05) is 6.07 Å². The number of carbonyl (C=O) groups is 2. The van der Waals surface area contributed by atoms with E-state index in [1.165, 1.54) is 24.4 Å². The van der Waals surface area contributed by atoms with Crippen molar-refractivity contribution in [3.63, 3.8) is 0 Å². The highest BCUT2D eigenvalue weighted by Crippen LogP contribution is 2.42. The summed E-state index contributed by atoms with van der Waals surface area (Å²) in [5.74, 6) is -1.19. The predicted octanol–water partition coefficient (Wildman–Crippen LogP) is 3.11. The maximum atomic E-state index is 13.0. The molecular weight excluding hydrogens is 370 g/mol. The monoisotopic (exact) mass is 387 g/mol. The Bertz CT molecular complexity index is 1100.